The van der Waals surface area contributed by atoms with Crippen LogP contribution in [0.1, 0.15) is 33.9 Å². The summed E-state index contributed by atoms with van der Waals surface area (Å²) in [6, 6.07) is 15.3. The molecule has 0 radical (unpaired) electrons. The molecular weight excluding hydrogens is 432 g/mol. The molecule has 0 spiro atoms. The van der Waals surface area contributed by atoms with Crippen molar-refractivity contribution in [1.29, 1.82) is 0 Å². The Hall–Kier alpha value is -3.48. The van der Waals surface area contributed by atoms with E-state index in [9.17, 15) is 14.7 Å². The number of carbonyl (C=O) groups excluding carboxylic acids is 1. The Morgan fingerprint density at radius 3 is 1.68 bits per heavy atom. The van der Waals surface area contributed by atoms with E-state index in [1.54, 1.807) is 12.1 Å². The fourth-order valence-corrected chi connectivity index (χ4v) is 4.27. The summed E-state index contributed by atoms with van der Waals surface area (Å²) in [5.74, 6) is -1.35. The van der Waals surface area contributed by atoms with Crippen LogP contribution >= 0.6 is 0 Å². The van der Waals surface area contributed by atoms with Crippen LogP contribution in [0.5, 0.6) is 5.75 Å². The highest BCUT2D eigenvalue weighted by molar-refractivity contribution is 5.90. The molecule has 6 nitrogen and oxygen atoms in total. The number of carboxylic acid groups (broad SMARTS) is 1. The molecule has 0 aliphatic heterocycles. The van der Waals surface area contributed by atoms with Gasteiger partial charge in [0.25, 0.3) is 0 Å². The van der Waals surface area contributed by atoms with Gasteiger partial charge in [0.05, 0.1) is 0 Å². The second-order valence-electron chi connectivity index (χ2n) is 8.43. The molecule has 1 N–H and O–H groups in total. The zero-order chi connectivity index (χ0) is 25.0. The van der Waals surface area contributed by atoms with Crippen molar-refractivity contribution in [2.45, 2.75) is 33.8 Å². The maximum atomic E-state index is 12.3. The third kappa shape index (κ3) is 5.35. The minimum Gasteiger partial charge on any atom is -0.479 e. The molecule has 6 heteroatoms. The molecule has 3 aromatic rings. The van der Waals surface area contributed by atoms with Crippen molar-refractivity contribution in [3.63, 3.8) is 0 Å². The number of carbonyl (C=O) groups is 2. The number of methoxy groups -OCH3 is 2. The van der Waals surface area contributed by atoms with Crippen molar-refractivity contribution in [3.05, 3.63) is 76.3 Å². The predicted molar refractivity (Wildman–Crippen MR) is 131 cm³/mol. The second kappa shape index (κ2) is 10.6. The molecule has 0 fully saturated rings. The summed E-state index contributed by atoms with van der Waals surface area (Å²) in [6.45, 7) is 7.73. The first-order chi connectivity index (χ1) is 16.2. The molecule has 1 atom stereocenters. The van der Waals surface area contributed by atoms with Crippen LogP contribution in [0.2, 0.25) is 0 Å². The van der Waals surface area contributed by atoms with E-state index in [0.29, 0.717) is 22.4 Å². The Morgan fingerprint density at radius 2 is 1.29 bits per heavy atom. The van der Waals surface area contributed by atoms with E-state index >= 15 is 0 Å². The van der Waals surface area contributed by atoms with Gasteiger partial charge in [0, 0.05) is 19.8 Å². The third-order valence-corrected chi connectivity index (χ3v) is 5.71. The summed E-state index contributed by atoms with van der Waals surface area (Å²) >= 11 is 0. The van der Waals surface area contributed by atoms with Crippen LogP contribution in [0.3, 0.4) is 0 Å². The van der Waals surface area contributed by atoms with Crippen LogP contribution in [0.15, 0.2) is 48.5 Å². The van der Waals surface area contributed by atoms with E-state index in [-0.39, 0.29) is 6.61 Å². The molecular formula is C28H30O6. The lowest BCUT2D eigenvalue weighted by molar-refractivity contribution is -0.148. The largest absolute Gasteiger partial charge is 0.479 e. The van der Waals surface area contributed by atoms with E-state index in [1.165, 1.54) is 14.2 Å². The van der Waals surface area contributed by atoms with Gasteiger partial charge >= 0.3 is 11.9 Å². The van der Waals surface area contributed by atoms with Crippen LogP contribution in [0, 0.1) is 27.7 Å². The monoisotopic (exact) mass is 462 g/mol. The van der Waals surface area contributed by atoms with Gasteiger partial charge in [0.2, 0.25) is 0 Å². The topological polar surface area (TPSA) is 82.1 Å². The lowest BCUT2D eigenvalue weighted by Gasteiger charge is -2.23. The number of aryl methyl sites for hydroxylation is 4. The van der Waals surface area contributed by atoms with E-state index in [2.05, 4.69) is 0 Å². The number of hydrogen-bond donors (Lipinski definition) is 1. The zero-order valence-corrected chi connectivity index (χ0v) is 20.4. The van der Waals surface area contributed by atoms with Crippen LogP contribution in [0.4, 0.5) is 0 Å². The number of carboxylic acids is 1. The highest BCUT2D eigenvalue weighted by atomic mass is 16.6. The molecule has 178 valence electrons. The molecule has 0 aliphatic carbocycles. The van der Waals surface area contributed by atoms with Crippen molar-refractivity contribution < 1.29 is 28.9 Å². The zero-order valence-electron chi connectivity index (χ0n) is 20.4. The third-order valence-electron chi connectivity index (χ3n) is 5.71. The summed E-state index contributed by atoms with van der Waals surface area (Å²) in [5, 5.41) is 10.1. The number of rotatable bonds is 8. The lowest BCUT2D eigenvalue weighted by atomic mass is 9.85. The Bertz CT molecular complexity index is 1160. The first-order valence-corrected chi connectivity index (χ1v) is 10.9. The first kappa shape index (κ1) is 25.1. The van der Waals surface area contributed by atoms with Crippen LogP contribution in [-0.2, 0) is 19.1 Å². The molecule has 3 aromatic carbocycles. The summed E-state index contributed by atoms with van der Waals surface area (Å²) in [6.07, 6.45) is -1.23. The highest BCUT2D eigenvalue weighted by Crippen LogP contribution is 2.43. The van der Waals surface area contributed by atoms with Gasteiger partial charge < -0.3 is 19.3 Å². The fraction of sp³-hybridized carbons (Fsp3) is 0.286. The Balaban J connectivity index is 2.42. The van der Waals surface area contributed by atoms with Gasteiger partial charge in [-0.2, -0.15) is 0 Å². The molecule has 34 heavy (non-hydrogen) atoms. The van der Waals surface area contributed by atoms with Crippen LogP contribution < -0.4 is 4.74 Å². The average Bonchev–Trinajstić information content (AvgIpc) is 2.75. The number of esters is 1. The minimum absolute atomic E-state index is 0.199. The summed E-state index contributed by atoms with van der Waals surface area (Å²) in [4.78, 5) is 24.5. The standard InChI is InChI=1S/C28H30O6/c1-16-7-9-21(18(3)11-16)23-13-20(34-25(29)15-32-5)14-24(26(23)27(33-6)28(30)31)22-10-8-17(2)12-19(22)4/h7-14,27H,15H2,1-6H3,(H,30,31). The molecule has 0 aromatic heterocycles. The van der Waals surface area contributed by atoms with Gasteiger partial charge in [0.15, 0.2) is 6.10 Å². The number of hydrogen-bond acceptors (Lipinski definition) is 5. The molecule has 0 amide bonds. The van der Waals surface area contributed by atoms with Crippen molar-refractivity contribution in [2.75, 3.05) is 20.8 Å². The second-order valence-corrected chi connectivity index (χ2v) is 8.43. The lowest BCUT2D eigenvalue weighted by Crippen LogP contribution is -2.18. The predicted octanol–water partition coefficient (Wildman–Crippen LogP) is 5.58. The van der Waals surface area contributed by atoms with Crippen LogP contribution in [-0.4, -0.2) is 37.9 Å². The van der Waals surface area contributed by atoms with E-state index < -0.39 is 18.0 Å². The highest BCUT2D eigenvalue weighted by Gasteiger charge is 2.29. The molecule has 0 heterocycles. The van der Waals surface area contributed by atoms with Crippen molar-refractivity contribution >= 4 is 11.9 Å². The van der Waals surface area contributed by atoms with E-state index in [1.807, 2.05) is 64.1 Å². The number of benzene rings is 3. The normalized spacial score (nSPS) is 11.8. The smallest absolute Gasteiger partial charge is 0.337 e. The SMILES string of the molecule is COCC(=O)Oc1cc(-c2ccc(C)cc2C)c(C(OC)C(=O)O)c(-c2ccc(C)cc2C)c1. The van der Waals surface area contributed by atoms with Crippen LogP contribution in [0.25, 0.3) is 22.3 Å². The Morgan fingerprint density at radius 1 is 0.794 bits per heavy atom. The van der Waals surface area contributed by atoms with E-state index in [4.69, 9.17) is 14.2 Å². The number of aliphatic carboxylic acids is 1. The summed E-state index contributed by atoms with van der Waals surface area (Å²) in [7, 11) is 2.80. The maximum absolute atomic E-state index is 12.3. The molecule has 0 bridgehead atoms. The molecule has 1 unspecified atom stereocenters. The minimum atomic E-state index is -1.23. The van der Waals surface area contributed by atoms with Gasteiger partial charge in [-0.05, 0) is 73.2 Å². The Kier molecular flexibility index (Phi) is 7.87. The molecule has 0 aliphatic rings. The molecule has 0 saturated carbocycles. The van der Waals surface area contributed by atoms with Crippen molar-refractivity contribution in [2.24, 2.45) is 0 Å². The first-order valence-electron chi connectivity index (χ1n) is 10.9. The van der Waals surface area contributed by atoms with Crippen molar-refractivity contribution in [1.82, 2.24) is 0 Å². The van der Waals surface area contributed by atoms with Gasteiger partial charge in [-0.15, -0.1) is 0 Å². The van der Waals surface area contributed by atoms with Gasteiger partial charge in [0.1, 0.15) is 12.4 Å². The maximum Gasteiger partial charge on any atom is 0.337 e. The van der Waals surface area contributed by atoms with Gasteiger partial charge in [-0.25, -0.2) is 9.59 Å². The summed E-state index contributed by atoms with van der Waals surface area (Å²) in [5.41, 5.74) is 7.53. The average molecular weight is 463 g/mol. The fourth-order valence-electron chi connectivity index (χ4n) is 4.27. The summed E-state index contributed by atoms with van der Waals surface area (Å²) < 4.78 is 16.0. The van der Waals surface area contributed by atoms with E-state index in [0.717, 1.165) is 33.4 Å². The molecule has 3 rings (SSSR count). The molecule has 0 saturated heterocycles. The van der Waals surface area contributed by atoms with Crippen molar-refractivity contribution in [3.8, 4) is 28.0 Å². The quantitative estimate of drug-likeness (QED) is 0.348. The van der Waals surface area contributed by atoms with Gasteiger partial charge in [-0.1, -0.05) is 47.5 Å². The number of ether oxygens (including phenoxy) is 3. The Labute approximate surface area is 200 Å². The van der Waals surface area contributed by atoms with Gasteiger partial charge in [-0.3, -0.25) is 0 Å².